The number of hydrogen-bond acceptors (Lipinski definition) is 3. The molecule has 4 aliphatic rings. The average Bonchev–Trinajstić information content (AvgIpc) is 3.64. The van der Waals surface area contributed by atoms with E-state index in [0.717, 1.165) is 0 Å². The number of fused-ring (bicyclic) bond motifs is 7. The van der Waals surface area contributed by atoms with E-state index in [1.165, 1.54) is 120 Å². The molecule has 2 aliphatic heterocycles. The Morgan fingerprint density at radius 1 is 0.531 bits per heavy atom. The molecule has 4 heteroatoms. The van der Waals surface area contributed by atoms with Gasteiger partial charge in [-0.25, -0.2) is 0 Å². The summed E-state index contributed by atoms with van der Waals surface area (Å²) in [5.41, 5.74) is 23.7. The Balaban J connectivity index is 1.37. The van der Waals surface area contributed by atoms with Gasteiger partial charge in [0.15, 0.2) is 0 Å². The summed E-state index contributed by atoms with van der Waals surface area (Å²) in [7, 11) is 0. The van der Waals surface area contributed by atoms with Crippen LogP contribution in [0.3, 0.4) is 0 Å². The molecule has 0 unspecified atom stereocenters. The summed E-state index contributed by atoms with van der Waals surface area (Å²) in [5, 5.41) is 0. The van der Waals surface area contributed by atoms with Crippen LogP contribution in [0.1, 0.15) is 166 Å². The predicted octanol–water partition coefficient (Wildman–Crippen LogP) is 15.4. The SMILES string of the molecule is Cc1cc2c3c(c1)N(c1ccc(C(C)(C)C)cc1-c1ccccc1)c1c(sc4c1C(C)(C)CCC4(C)C)B3c1cc3c(cc1N2c1ccc(C(C)(C)C)cc1C)C(C)(C)CCC3(C)C. The van der Waals surface area contributed by atoms with Crippen molar-refractivity contribution in [2.24, 2.45) is 0 Å². The molecule has 10 rings (SSSR count). The first kappa shape index (κ1) is 43.4. The minimum absolute atomic E-state index is 0.00235. The van der Waals surface area contributed by atoms with Gasteiger partial charge in [0.05, 0.1) is 11.4 Å². The molecule has 0 atom stereocenters. The van der Waals surface area contributed by atoms with E-state index >= 15 is 0 Å². The maximum atomic E-state index is 2.77. The van der Waals surface area contributed by atoms with Crippen LogP contribution in [-0.4, -0.2) is 6.71 Å². The Labute approximate surface area is 390 Å². The normalized spacial score (nSPS) is 18.8. The second-order valence-corrected chi connectivity index (χ2v) is 26.0. The fourth-order valence-corrected chi connectivity index (χ4v) is 13.6. The lowest BCUT2D eigenvalue weighted by Gasteiger charge is -2.48. The summed E-state index contributed by atoms with van der Waals surface area (Å²) in [4.78, 5) is 7.05. The molecule has 3 heterocycles. The maximum absolute atomic E-state index is 2.77. The largest absolute Gasteiger partial charge is 0.311 e. The average molecular weight is 863 g/mol. The van der Waals surface area contributed by atoms with E-state index in [-0.39, 0.29) is 39.2 Å². The highest BCUT2D eigenvalue weighted by atomic mass is 32.1. The third kappa shape index (κ3) is 6.53. The van der Waals surface area contributed by atoms with Crippen molar-refractivity contribution < 1.29 is 0 Å². The van der Waals surface area contributed by atoms with Gasteiger partial charge in [0.2, 0.25) is 0 Å². The molecule has 0 radical (unpaired) electrons. The number of aryl methyl sites for hydroxylation is 2. The van der Waals surface area contributed by atoms with Gasteiger partial charge in [-0.1, -0.05) is 152 Å². The van der Waals surface area contributed by atoms with Crippen LogP contribution in [0.5, 0.6) is 0 Å². The first-order valence-electron chi connectivity index (χ1n) is 24.2. The number of benzene rings is 5. The summed E-state index contributed by atoms with van der Waals surface area (Å²) in [6.07, 6.45) is 4.73. The number of rotatable bonds is 3. The highest BCUT2D eigenvalue weighted by Gasteiger charge is 2.52. The third-order valence-electron chi connectivity index (χ3n) is 16.2. The topological polar surface area (TPSA) is 6.48 Å². The molecule has 5 aromatic carbocycles. The second kappa shape index (κ2) is 14.0. The molecule has 0 amide bonds. The van der Waals surface area contributed by atoms with Gasteiger partial charge in [-0.3, -0.25) is 0 Å². The monoisotopic (exact) mass is 863 g/mol. The van der Waals surface area contributed by atoms with Crippen molar-refractivity contribution in [3.8, 4) is 11.1 Å². The fourth-order valence-electron chi connectivity index (χ4n) is 11.9. The Hall–Kier alpha value is -4.54. The van der Waals surface area contributed by atoms with E-state index in [9.17, 15) is 0 Å². The number of anilines is 6. The molecule has 0 N–H and O–H groups in total. The van der Waals surface area contributed by atoms with Crippen molar-refractivity contribution in [1.82, 2.24) is 0 Å². The van der Waals surface area contributed by atoms with Gasteiger partial charge in [-0.2, -0.15) is 11.3 Å². The van der Waals surface area contributed by atoms with Gasteiger partial charge in [-0.05, 0) is 164 Å². The minimum Gasteiger partial charge on any atom is -0.311 e. The summed E-state index contributed by atoms with van der Waals surface area (Å²) in [5.74, 6) is 0. The van der Waals surface area contributed by atoms with Crippen LogP contribution in [0.2, 0.25) is 0 Å². The van der Waals surface area contributed by atoms with Gasteiger partial charge in [0, 0.05) is 38.0 Å². The van der Waals surface area contributed by atoms with Gasteiger partial charge in [0.25, 0.3) is 6.71 Å². The Bertz CT molecular complexity index is 2890. The van der Waals surface area contributed by atoms with Crippen molar-refractivity contribution in [3.05, 3.63) is 135 Å². The smallest absolute Gasteiger partial charge is 0.264 e. The van der Waals surface area contributed by atoms with E-state index in [1.807, 2.05) is 0 Å². The fraction of sp³-hybridized carbons (Fsp3) is 0.433. The number of thiophene rings is 1. The Morgan fingerprint density at radius 2 is 1.08 bits per heavy atom. The third-order valence-corrected chi connectivity index (χ3v) is 17.8. The van der Waals surface area contributed by atoms with E-state index < -0.39 is 0 Å². The first-order chi connectivity index (χ1) is 29.8. The lowest BCUT2D eigenvalue weighted by molar-refractivity contribution is 0.332. The zero-order valence-corrected chi connectivity index (χ0v) is 42.7. The van der Waals surface area contributed by atoms with E-state index in [1.54, 1.807) is 10.4 Å². The van der Waals surface area contributed by atoms with Crippen LogP contribution in [0.4, 0.5) is 34.1 Å². The molecule has 0 bridgehead atoms. The van der Waals surface area contributed by atoms with Crippen LogP contribution in [0.15, 0.2) is 91.0 Å². The van der Waals surface area contributed by atoms with Crippen LogP contribution in [0.25, 0.3) is 11.1 Å². The van der Waals surface area contributed by atoms with Gasteiger partial charge >= 0.3 is 0 Å². The zero-order valence-electron chi connectivity index (χ0n) is 41.9. The molecule has 0 saturated heterocycles. The number of hydrogen-bond donors (Lipinski definition) is 0. The minimum atomic E-state index is 0.00235. The molecule has 1 aromatic heterocycles. The lowest BCUT2D eigenvalue weighted by atomic mass is 9.35. The summed E-state index contributed by atoms with van der Waals surface area (Å²) < 4.78 is 1.51. The summed E-state index contributed by atoms with van der Waals surface area (Å²) in [6.45, 7) is 38.9. The molecule has 2 nitrogen and oxygen atoms in total. The van der Waals surface area contributed by atoms with E-state index in [2.05, 4.69) is 223 Å². The van der Waals surface area contributed by atoms with Crippen molar-refractivity contribution in [2.45, 2.75) is 169 Å². The van der Waals surface area contributed by atoms with Crippen molar-refractivity contribution in [1.29, 1.82) is 0 Å². The van der Waals surface area contributed by atoms with Crippen LogP contribution in [0, 0.1) is 13.8 Å². The molecule has 64 heavy (non-hydrogen) atoms. The first-order valence-corrected chi connectivity index (χ1v) is 25.0. The van der Waals surface area contributed by atoms with E-state index in [0.29, 0.717) is 0 Å². The highest BCUT2D eigenvalue weighted by molar-refractivity contribution is 7.29. The van der Waals surface area contributed by atoms with Gasteiger partial charge in [-0.15, -0.1) is 0 Å². The van der Waals surface area contributed by atoms with Crippen LogP contribution >= 0.6 is 11.3 Å². The molecule has 2 aliphatic carbocycles. The molecular formula is C60H71BN2S. The van der Waals surface area contributed by atoms with Crippen molar-refractivity contribution >= 4 is 67.9 Å². The standard InChI is InChI=1S/C60H71BN2S/c1-36-30-48-51-49(31-36)63(46-25-23-40(56(6,7)8)33-41(46)38-20-18-17-19-21-38)52-50-53(60(15,16)29-28-59(50,13)14)64-54(52)61(51)44-34-42-43(58(11,12)27-26-57(42,9)10)35-47(44)62(48)45-24-22-39(32-37(45)2)55(3,4)5/h17-25,30-35H,26-29H2,1-16H3. The Morgan fingerprint density at radius 3 is 1.69 bits per heavy atom. The van der Waals surface area contributed by atoms with Gasteiger partial charge in [0.1, 0.15) is 0 Å². The second-order valence-electron chi connectivity index (χ2n) is 24.9. The van der Waals surface area contributed by atoms with E-state index in [4.69, 9.17) is 0 Å². The molecule has 0 spiro atoms. The van der Waals surface area contributed by atoms with Crippen LogP contribution in [-0.2, 0) is 32.5 Å². The zero-order chi connectivity index (χ0) is 45.8. The molecule has 6 aromatic rings. The summed E-state index contributed by atoms with van der Waals surface area (Å²) >= 11 is 2.14. The molecular weight excluding hydrogens is 792 g/mol. The Kier molecular flexibility index (Phi) is 9.48. The highest BCUT2D eigenvalue weighted by Crippen LogP contribution is 2.58. The lowest BCUT2D eigenvalue weighted by Crippen LogP contribution is -2.61. The van der Waals surface area contributed by atoms with Crippen molar-refractivity contribution in [2.75, 3.05) is 9.80 Å². The maximum Gasteiger partial charge on any atom is 0.264 e. The molecule has 0 saturated carbocycles. The molecule has 330 valence electrons. The van der Waals surface area contributed by atoms with Gasteiger partial charge < -0.3 is 9.80 Å². The van der Waals surface area contributed by atoms with Crippen LogP contribution < -0.4 is 25.5 Å². The molecule has 0 fully saturated rings. The predicted molar refractivity (Wildman–Crippen MR) is 281 cm³/mol. The number of nitrogens with zero attached hydrogens (tertiary/aromatic N) is 2. The van der Waals surface area contributed by atoms with Crippen molar-refractivity contribution in [3.63, 3.8) is 0 Å². The quantitative estimate of drug-likeness (QED) is 0.163. The summed E-state index contributed by atoms with van der Waals surface area (Å²) in [6, 6.07) is 36.3.